The van der Waals surface area contributed by atoms with Crippen molar-refractivity contribution in [2.24, 2.45) is 0 Å². The van der Waals surface area contributed by atoms with Crippen LogP contribution in [0.3, 0.4) is 0 Å². The Morgan fingerprint density at radius 3 is 2.54 bits per heavy atom. The van der Waals surface area contributed by atoms with Crippen molar-refractivity contribution in [1.29, 1.82) is 0 Å². The topological polar surface area (TPSA) is 47.6 Å². The lowest BCUT2D eigenvalue weighted by atomic mass is 10.1. The molecule has 1 N–H and O–H groups in total. The molecule has 0 unspecified atom stereocenters. The molecule has 1 aliphatic carbocycles. The lowest BCUT2D eigenvalue weighted by molar-refractivity contribution is 0.102. The Morgan fingerprint density at radius 2 is 1.88 bits per heavy atom. The predicted molar refractivity (Wildman–Crippen MR) is 95.2 cm³/mol. The molecule has 1 saturated carbocycles. The Hall–Kier alpha value is -2.34. The van der Waals surface area contributed by atoms with Gasteiger partial charge in [-0.15, -0.1) is 0 Å². The summed E-state index contributed by atoms with van der Waals surface area (Å²) in [4.78, 5) is 12.5. The Balaban J connectivity index is 1.89. The van der Waals surface area contributed by atoms with Gasteiger partial charge in [0, 0.05) is 6.07 Å². The molecule has 0 bridgehead atoms. The molecule has 3 rings (SSSR count). The number of methoxy groups -OCH3 is 1. The Morgan fingerprint density at radius 1 is 1.15 bits per heavy atom. The Bertz CT molecular complexity index is 802. The molecule has 7 heteroatoms. The van der Waals surface area contributed by atoms with Gasteiger partial charge in [0.1, 0.15) is 11.6 Å². The number of benzene rings is 2. The largest absolute Gasteiger partial charge is 0.493 e. The highest BCUT2D eigenvalue weighted by molar-refractivity contribution is 6.34. The number of carbonyl (C=O) groups is 1. The van der Waals surface area contributed by atoms with Gasteiger partial charge >= 0.3 is 0 Å². The summed E-state index contributed by atoms with van der Waals surface area (Å²) in [6, 6.07) is 6.35. The van der Waals surface area contributed by atoms with Gasteiger partial charge in [0.15, 0.2) is 11.5 Å². The van der Waals surface area contributed by atoms with E-state index in [1.807, 2.05) is 0 Å². The zero-order valence-electron chi connectivity index (χ0n) is 14.2. The highest BCUT2D eigenvalue weighted by Crippen LogP contribution is 2.34. The van der Waals surface area contributed by atoms with Gasteiger partial charge in [-0.05, 0) is 43.9 Å². The first-order valence-corrected chi connectivity index (χ1v) is 8.67. The van der Waals surface area contributed by atoms with Crippen LogP contribution in [0.4, 0.5) is 14.5 Å². The summed E-state index contributed by atoms with van der Waals surface area (Å²) in [5, 5.41) is 2.33. The van der Waals surface area contributed by atoms with Crippen LogP contribution in [-0.4, -0.2) is 19.1 Å². The van der Waals surface area contributed by atoms with E-state index < -0.39 is 17.5 Å². The minimum atomic E-state index is -0.826. The summed E-state index contributed by atoms with van der Waals surface area (Å²) < 4.78 is 39.2. The Kier molecular flexibility index (Phi) is 5.61. The second-order valence-electron chi connectivity index (χ2n) is 6.06. The third-order valence-electron chi connectivity index (χ3n) is 4.30. The van der Waals surface area contributed by atoms with Crippen LogP contribution in [0.15, 0.2) is 30.3 Å². The number of para-hydroxylation sites is 1. The zero-order chi connectivity index (χ0) is 18.7. The van der Waals surface area contributed by atoms with E-state index in [1.165, 1.54) is 25.3 Å². The molecule has 2 aromatic carbocycles. The molecule has 2 aromatic rings. The first-order valence-electron chi connectivity index (χ1n) is 8.29. The average molecular weight is 382 g/mol. The van der Waals surface area contributed by atoms with E-state index in [0.29, 0.717) is 0 Å². The molecule has 4 nitrogen and oxygen atoms in total. The van der Waals surface area contributed by atoms with Crippen molar-refractivity contribution in [3.8, 4) is 11.5 Å². The summed E-state index contributed by atoms with van der Waals surface area (Å²) >= 11 is 5.90. The van der Waals surface area contributed by atoms with Crippen LogP contribution in [-0.2, 0) is 0 Å². The first-order chi connectivity index (χ1) is 12.5. The highest BCUT2D eigenvalue weighted by atomic mass is 35.5. The number of rotatable bonds is 5. The molecule has 0 heterocycles. The quantitative estimate of drug-likeness (QED) is 0.774. The molecule has 26 heavy (non-hydrogen) atoms. The first kappa shape index (κ1) is 18.5. The molecule has 0 aromatic heterocycles. The molecule has 0 spiro atoms. The minimum Gasteiger partial charge on any atom is -0.493 e. The van der Waals surface area contributed by atoms with Crippen molar-refractivity contribution < 1.29 is 23.0 Å². The van der Waals surface area contributed by atoms with E-state index in [0.717, 1.165) is 37.8 Å². The van der Waals surface area contributed by atoms with Crippen LogP contribution in [0.2, 0.25) is 5.02 Å². The van der Waals surface area contributed by atoms with Gasteiger partial charge in [0.25, 0.3) is 5.91 Å². The van der Waals surface area contributed by atoms with Crippen molar-refractivity contribution in [2.45, 2.75) is 31.8 Å². The van der Waals surface area contributed by atoms with Gasteiger partial charge < -0.3 is 14.8 Å². The lowest BCUT2D eigenvalue weighted by Crippen LogP contribution is -2.17. The van der Waals surface area contributed by atoms with Gasteiger partial charge in [-0.2, -0.15) is 0 Å². The summed E-state index contributed by atoms with van der Waals surface area (Å²) in [6.07, 6.45) is 3.92. The monoisotopic (exact) mass is 381 g/mol. The van der Waals surface area contributed by atoms with E-state index >= 15 is 0 Å². The second kappa shape index (κ2) is 7.91. The average Bonchev–Trinajstić information content (AvgIpc) is 3.12. The SMILES string of the molecule is COc1cc(F)c(C(=O)Nc2c(F)cccc2Cl)cc1OC1CCCC1. The van der Waals surface area contributed by atoms with Crippen LogP contribution in [0.1, 0.15) is 36.0 Å². The van der Waals surface area contributed by atoms with Gasteiger partial charge in [0.05, 0.1) is 29.5 Å². The lowest BCUT2D eigenvalue weighted by Gasteiger charge is -2.17. The van der Waals surface area contributed by atoms with Crippen LogP contribution in [0.5, 0.6) is 11.5 Å². The molecular formula is C19H18ClF2NO3. The normalized spacial score (nSPS) is 14.3. The maximum atomic E-state index is 14.4. The van der Waals surface area contributed by atoms with Crippen LogP contribution in [0.25, 0.3) is 0 Å². The fourth-order valence-electron chi connectivity index (χ4n) is 2.94. The van der Waals surface area contributed by atoms with Crippen LogP contribution < -0.4 is 14.8 Å². The van der Waals surface area contributed by atoms with E-state index in [1.54, 1.807) is 0 Å². The highest BCUT2D eigenvalue weighted by Gasteiger charge is 2.23. The molecule has 1 fully saturated rings. The Labute approximate surface area is 155 Å². The van der Waals surface area contributed by atoms with E-state index in [2.05, 4.69) is 5.32 Å². The summed E-state index contributed by atoms with van der Waals surface area (Å²) in [5.74, 6) is -1.85. The number of hydrogen-bond donors (Lipinski definition) is 1. The molecule has 0 aliphatic heterocycles. The number of ether oxygens (including phenoxy) is 2. The number of halogens is 3. The van der Waals surface area contributed by atoms with Gasteiger partial charge in [-0.1, -0.05) is 17.7 Å². The maximum absolute atomic E-state index is 14.4. The van der Waals surface area contributed by atoms with Crippen molar-refractivity contribution >= 4 is 23.2 Å². The fourth-order valence-corrected chi connectivity index (χ4v) is 3.15. The van der Waals surface area contributed by atoms with Gasteiger partial charge in [-0.3, -0.25) is 4.79 Å². The summed E-state index contributed by atoms with van der Waals surface area (Å²) in [5.41, 5.74) is -0.481. The molecule has 0 radical (unpaired) electrons. The van der Waals surface area contributed by atoms with Crippen molar-refractivity contribution in [1.82, 2.24) is 0 Å². The maximum Gasteiger partial charge on any atom is 0.258 e. The molecule has 1 amide bonds. The van der Waals surface area contributed by atoms with Gasteiger partial charge in [-0.25, -0.2) is 8.78 Å². The molecular weight excluding hydrogens is 364 g/mol. The number of hydrogen-bond acceptors (Lipinski definition) is 3. The van der Waals surface area contributed by atoms with Crippen molar-refractivity contribution in [2.75, 3.05) is 12.4 Å². The van der Waals surface area contributed by atoms with Crippen LogP contribution >= 0.6 is 11.6 Å². The third-order valence-corrected chi connectivity index (χ3v) is 4.61. The van der Waals surface area contributed by atoms with Crippen LogP contribution in [0, 0.1) is 11.6 Å². The second-order valence-corrected chi connectivity index (χ2v) is 6.47. The molecule has 0 atom stereocenters. The summed E-state index contributed by atoms with van der Waals surface area (Å²) in [7, 11) is 1.40. The van der Waals surface area contributed by atoms with E-state index in [-0.39, 0.29) is 33.9 Å². The zero-order valence-corrected chi connectivity index (χ0v) is 14.9. The summed E-state index contributed by atoms with van der Waals surface area (Å²) in [6.45, 7) is 0. The van der Waals surface area contributed by atoms with Crippen molar-refractivity contribution in [3.05, 3.63) is 52.6 Å². The number of carbonyl (C=O) groups excluding carboxylic acids is 1. The molecule has 1 aliphatic rings. The standard InChI is InChI=1S/C19H18ClF2NO3/c1-25-16-10-15(22)12(9-17(16)26-11-5-2-3-6-11)19(24)23-18-13(20)7-4-8-14(18)21/h4,7-11H,2-3,5-6H2,1H3,(H,23,24). The third kappa shape index (κ3) is 3.90. The molecule has 0 saturated heterocycles. The smallest absolute Gasteiger partial charge is 0.258 e. The number of amides is 1. The van der Waals surface area contributed by atoms with Gasteiger partial charge in [0.2, 0.25) is 0 Å². The molecule has 138 valence electrons. The fraction of sp³-hybridized carbons (Fsp3) is 0.316. The van der Waals surface area contributed by atoms with E-state index in [4.69, 9.17) is 21.1 Å². The minimum absolute atomic E-state index is 0.00582. The number of anilines is 1. The predicted octanol–water partition coefficient (Wildman–Crippen LogP) is 5.20. The van der Waals surface area contributed by atoms with E-state index in [9.17, 15) is 13.6 Å². The number of nitrogens with one attached hydrogen (secondary N) is 1. The van der Waals surface area contributed by atoms with Crippen molar-refractivity contribution in [3.63, 3.8) is 0 Å².